The minimum atomic E-state index is -3.25. The van der Waals surface area contributed by atoms with Gasteiger partial charge in [0.05, 0.1) is 24.1 Å². The van der Waals surface area contributed by atoms with Gasteiger partial charge < -0.3 is 10.1 Å². The van der Waals surface area contributed by atoms with Crippen LogP contribution >= 0.6 is 0 Å². The molecule has 0 bridgehead atoms. The number of benzene rings is 2. The van der Waals surface area contributed by atoms with E-state index in [1.165, 1.54) is 23.4 Å². The van der Waals surface area contributed by atoms with Crippen LogP contribution in [0, 0.1) is 0 Å². The highest BCUT2D eigenvalue weighted by Crippen LogP contribution is 2.29. The summed E-state index contributed by atoms with van der Waals surface area (Å²) >= 11 is 0. The highest BCUT2D eigenvalue weighted by atomic mass is 32.2. The third-order valence-electron chi connectivity index (χ3n) is 5.30. The van der Waals surface area contributed by atoms with E-state index in [0.29, 0.717) is 25.4 Å². The number of ether oxygens (including phenoxy) is 1. The Kier molecular flexibility index (Phi) is 7.50. The first-order chi connectivity index (χ1) is 14.3. The minimum absolute atomic E-state index is 0.0287. The van der Waals surface area contributed by atoms with E-state index in [0.717, 1.165) is 25.7 Å². The van der Waals surface area contributed by atoms with Crippen LogP contribution in [0.15, 0.2) is 53.4 Å². The third-order valence-corrected chi connectivity index (χ3v) is 6.41. The first-order valence-corrected chi connectivity index (χ1v) is 12.2. The Balaban J connectivity index is 1.40. The van der Waals surface area contributed by atoms with Crippen molar-refractivity contribution in [2.24, 2.45) is 0 Å². The Hall–Kier alpha value is -2.38. The van der Waals surface area contributed by atoms with Crippen LogP contribution < -0.4 is 10.1 Å². The SMILES string of the molecule is CN(CCCOc1cccc(S(C)(=O)=O)c1)CC(=O)NC1CCCc2ccccc21. The number of likely N-dealkylation sites (N-methyl/N-ethyl adjacent to an activating group) is 1. The Bertz CT molecular complexity index is 975. The van der Waals surface area contributed by atoms with E-state index < -0.39 is 9.84 Å². The van der Waals surface area contributed by atoms with Gasteiger partial charge in [0.25, 0.3) is 0 Å². The molecule has 30 heavy (non-hydrogen) atoms. The molecule has 0 saturated heterocycles. The summed E-state index contributed by atoms with van der Waals surface area (Å²) in [6.07, 6.45) is 5.06. The average molecular weight is 431 g/mol. The standard InChI is InChI=1S/C23H30N2O4S/c1-25(14-7-15-29-19-10-6-11-20(16-19)30(2,27)28)17-23(26)24-22-13-5-9-18-8-3-4-12-21(18)22/h3-4,6,8,10-12,16,22H,5,7,9,13-15,17H2,1-2H3,(H,24,26). The monoisotopic (exact) mass is 430 g/mol. The summed E-state index contributed by atoms with van der Waals surface area (Å²) in [7, 11) is -1.33. The van der Waals surface area contributed by atoms with Gasteiger partial charge >= 0.3 is 0 Å². The van der Waals surface area contributed by atoms with Gasteiger partial charge in [-0.2, -0.15) is 0 Å². The normalized spacial score (nSPS) is 16.2. The van der Waals surface area contributed by atoms with Crippen LogP contribution in [0.1, 0.15) is 36.4 Å². The molecule has 2 aromatic carbocycles. The van der Waals surface area contributed by atoms with E-state index >= 15 is 0 Å². The fourth-order valence-corrected chi connectivity index (χ4v) is 4.44. The number of carbonyl (C=O) groups is 1. The number of sulfone groups is 1. The summed E-state index contributed by atoms with van der Waals surface area (Å²) in [4.78, 5) is 14.7. The molecule has 0 saturated carbocycles. The Morgan fingerprint density at radius 1 is 1.20 bits per heavy atom. The van der Waals surface area contributed by atoms with E-state index in [1.54, 1.807) is 18.2 Å². The first kappa shape index (κ1) is 22.3. The van der Waals surface area contributed by atoms with Crippen molar-refractivity contribution >= 4 is 15.7 Å². The predicted molar refractivity (Wildman–Crippen MR) is 117 cm³/mol. The highest BCUT2D eigenvalue weighted by Gasteiger charge is 2.21. The number of hydrogen-bond donors (Lipinski definition) is 1. The number of nitrogens with zero attached hydrogens (tertiary/aromatic N) is 1. The molecule has 1 aliphatic carbocycles. The average Bonchev–Trinajstić information content (AvgIpc) is 2.71. The van der Waals surface area contributed by atoms with Crippen molar-refractivity contribution in [1.82, 2.24) is 10.2 Å². The maximum Gasteiger partial charge on any atom is 0.234 e. The van der Waals surface area contributed by atoms with Crippen molar-refractivity contribution in [2.75, 3.05) is 33.0 Å². The van der Waals surface area contributed by atoms with Gasteiger partial charge in [-0.25, -0.2) is 8.42 Å². The number of carbonyl (C=O) groups excluding carboxylic acids is 1. The van der Waals surface area contributed by atoms with E-state index in [4.69, 9.17) is 4.74 Å². The summed E-state index contributed by atoms with van der Waals surface area (Å²) in [5.74, 6) is 0.565. The van der Waals surface area contributed by atoms with Gasteiger partial charge in [-0.1, -0.05) is 30.3 Å². The Labute approximate surface area is 179 Å². The van der Waals surface area contributed by atoms with Crippen LogP contribution in [0.25, 0.3) is 0 Å². The van der Waals surface area contributed by atoms with Gasteiger partial charge in [-0.3, -0.25) is 9.69 Å². The van der Waals surface area contributed by atoms with Crippen molar-refractivity contribution in [1.29, 1.82) is 0 Å². The number of nitrogens with one attached hydrogen (secondary N) is 1. The lowest BCUT2D eigenvalue weighted by atomic mass is 9.88. The zero-order valence-electron chi connectivity index (χ0n) is 17.6. The predicted octanol–water partition coefficient (Wildman–Crippen LogP) is 2.98. The van der Waals surface area contributed by atoms with Crippen LogP contribution in [-0.4, -0.2) is 52.2 Å². The minimum Gasteiger partial charge on any atom is -0.494 e. The lowest BCUT2D eigenvalue weighted by molar-refractivity contribution is -0.122. The van der Waals surface area contributed by atoms with Crippen molar-refractivity contribution in [3.63, 3.8) is 0 Å². The quantitative estimate of drug-likeness (QED) is 0.619. The maximum atomic E-state index is 12.5. The Morgan fingerprint density at radius 3 is 2.80 bits per heavy atom. The summed E-state index contributed by atoms with van der Waals surface area (Å²) < 4.78 is 28.9. The molecule has 1 unspecified atom stereocenters. The summed E-state index contributed by atoms with van der Waals surface area (Å²) in [5, 5.41) is 3.17. The molecule has 6 nitrogen and oxygen atoms in total. The molecule has 0 spiro atoms. The van der Waals surface area contributed by atoms with E-state index in [-0.39, 0.29) is 16.8 Å². The van der Waals surface area contributed by atoms with Gasteiger partial charge in [0.1, 0.15) is 5.75 Å². The van der Waals surface area contributed by atoms with Crippen LogP contribution in [0.3, 0.4) is 0 Å². The molecule has 1 atom stereocenters. The molecule has 1 aliphatic rings. The van der Waals surface area contributed by atoms with Crippen LogP contribution in [0.2, 0.25) is 0 Å². The molecule has 0 aliphatic heterocycles. The second-order valence-corrected chi connectivity index (χ2v) is 9.91. The highest BCUT2D eigenvalue weighted by molar-refractivity contribution is 7.90. The second-order valence-electron chi connectivity index (χ2n) is 7.90. The van der Waals surface area contributed by atoms with Crippen molar-refractivity contribution < 1.29 is 17.9 Å². The van der Waals surface area contributed by atoms with Crippen LogP contribution in [0.4, 0.5) is 0 Å². The maximum absolute atomic E-state index is 12.5. The molecule has 2 aromatic rings. The van der Waals surface area contributed by atoms with Crippen LogP contribution in [0.5, 0.6) is 5.75 Å². The van der Waals surface area contributed by atoms with E-state index in [1.807, 2.05) is 18.0 Å². The number of fused-ring (bicyclic) bond motifs is 1. The van der Waals surface area contributed by atoms with Crippen molar-refractivity contribution in [3.8, 4) is 5.75 Å². The first-order valence-electron chi connectivity index (χ1n) is 10.3. The molecule has 0 radical (unpaired) electrons. The molecule has 7 heteroatoms. The molecule has 0 heterocycles. The molecule has 3 rings (SSSR count). The van der Waals surface area contributed by atoms with E-state index in [2.05, 4.69) is 23.5 Å². The van der Waals surface area contributed by atoms with Crippen molar-refractivity contribution in [3.05, 3.63) is 59.7 Å². The smallest absolute Gasteiger partial charge is 0.234 e. The third kappa shape index (κ3) is 6.31. The fraction of sp³-hybridized carbons (Fsp3) is 0.435. The van der Waals surface area contributed by atoms with Crippen LogP contribution in [-0.2, 0) is 21.1 Å². The fourth-order valence-electron chi connectivity index (χ4n) is 3.79. The second kappa shape index (κ2) is 10.1. The number of aryl methyl sites for hydroxylation is 1. The number of amides is 1. The molecular weight excluding hydrogens is 400 g/mol. The van der Waals surface area contributed by atoms with Crippen molar-refractivity contribution in [2.45, 2.75) is 36.6 Å². The zero-order valence-corrected chi connectivity index (χ0v) is 18.5. The molecular formula is C23H30N2O4S. The van der Waals surface area contributed by atoms with Gasteiger partial charge in [-0.05, 0) is 62.1 Å². The summed E-state index contributed by atoms with van der Waals surface area (Å²) in [5.41, 5.74) is 2.57. The number of hydrogen-bond acceptors (Lipinski definition) is 5. The van der Waals surface area contributed by atoms with E-state index in [9.17, 15) is 13.2 Å². The molecule has 0 aromatic heterocycles. The van der Waals surface area contributed by atoms with Gasteiger partial charge in [0.15, 0.2) is 9.84 Å². The largest absolute Gasteiger partial charge is 0.494 e. The summed E-state index contributed by atoms with van der Waals surface area (Å²) in [6.45, 7) is 1.50. The Morgan fingerprint density at radius 2 is 2.00 bits per heavy atom. The molecule has 1 N–H and O–H groups in total. The topological polar surface area (TPSA) is 75.7 Å². The van der Waals surface area contributed by atoms with Gasteiger partial charge in [0, 0.05) is 12.8 Å². The zero-order chi connectivity index (χ0) is 21.6. The lowest BCUT2D eigenvalue weighted by Gasteiger charge is -2.27. The molecule has 0 fully saturated rings. The molecule has 1 amide bonds. The summed E-state index contributed by atoms with van der Waals surface area (Å²) in [6, 6.07) is 14.9. The lowest BCUT2D eigenvalue weighted by Crippen LogP contribution is -2.38. The van der Waals surface area contributed by atoms with Gasteiger partial charge in [0.2, 0.25) is 5.91 Å². The van der Waals surface area contributed by atoms with Gasteiger partial charge in [-0.15, -0.1) is 0 Å². The number of rotatable bonds is 9. The molecule has 162 valence electrons.